The number of nitrogens with one attached hydrogen (secondary N) is 1. The summed E-state index contributed by atoms with van der Waals surface area (Å²) in [5.74, 6) is 0.704. The van der Waals surface area contributed by atoms with E-state index in [1.54, 1.807) is 0 Å². The molecule has 2 aromatic rings. The molecule has 2 heterocycles. The number of hydrogen-bond acceptors (Lipinski definition) is 2. The molecule has 1 aromatic carbocycles. The summed E-state index contributed by atoms with van der Waals surface area (Å²) in [5.41, 5.74) is 5.85. The molecule has 0 unspecified atom stereocenters. The molecule has 122 valence electrons. The number of fused-ring (bicyclic) bond motifs is 1. The largest absolute Gasteiger partial charge is 0.312 e. The van der Waals surface area contributed by atoms with Crippen molar-refractivity contribution in [3.63, 3.8) is 0 Å². The first-order chi connectivity index (χ1) is 11.4. The fourth-order valence-corrected chi connectivity index (χ4v) is 4.22. The molecule has 0 atom stereocenters. The van der Waals surface area contributed by atoms with E-state index in [1.165, 1.54) is 54.6 Å². The minimum absolute atomic E-state index is 0.704. The maximum absolute atomic E-state index is 5.11. The van der Waals surface area contributed by atoms with Gasteiger partial charge in [-0.15, -0.1) is 0 Å². The molecular weight excluding hydrogens is 282 g/mol. The van der Waals surface area contributed by atoms with Crippen molar-refractivity contribution < 1.29 is 0 Å². The van der Waals surface area contributed by atoms with Gasteiger partial charge in [0, 0.05) is 43.2 Å². The maximum atomic E-state index is 5.11. The van der Waals surface area contributed by atoms with Gasteiger partial charge in [0.2, 0.25) is 0 Å². The van der Waals surface area contributed by atoms with Crippen LogP contribution in [-0.4, -0.2) is 16.3 Å². The minimum Gasteiger partial charge on any atom is -0.312 e. The Labute approximate surface area is 139 Å². The lowest BCUT2D eigenvalue weighted by Crippen LogP contribution is -2.25. The third-order valence-corrected chi connectivity index (χ3v) is 5.48. The topological polar surface area (TPSA) is 29.9 Å². The van der Waals surface area contributed by atoms with Gasteiger partial charge in [0.25, 0.3) is 0 Å². The van der Waals surface area contributed by atoms with Crippen LogP contribution in [0.2, 0.25) is 0 Å². The molecule has 1 aliphatic carbocycles. The standard InChI is InChI=1S/C20H27N3/c1-3-7-16(8-4-1)12-14-23-19-11-13-21-15-18(19)20(22-23)17-9-5-2-6-10-17/h1,3-4,7-8,17,21H,2,5-6,9-15H2. The van der Waals surface area contributed by atoms with E-state index in [9.17, 15) is 0 Å². The van der Waals surface area contributed by atoms with E-state index in [2.05, 4.69) is 40.3 Å². The van der Waals surface area contributed by atoms with Gasteiger partial charge in [-0.25, -0.2) is 0 Å². The summed E-state index contributed by atoms with van der Waals surface area (Å²) >= 11 is 0. The van der Waals surface area contributed by atoms with Crippen molar-refractivity contribution >= 4 is 0 Å². The quantitative estimate of drug-likeness (QED) is 0.930. The van der Waals surface area contributed by atoms with Gasteiger partial charge in [-0.3, -0.25) is 4.68 Å². The Morgan fingerprint density at radius 1 is 1.09 bits per heavy atom. The van der Waals surface area contributed by atoms with Crippen molar-refractivity contribution in [3.05, 3.63) is 52.8 Å². The first kappa shape index (κ1) is 14.9. The molecule has 0 spiro atoms. The Bertz CT molecular complexity index is 638. The molecule has 0 amide bonds. The molecule has 3 nitrogen and oxygen atoms in total. The van der Waals surface area contributed by atoms with E-state index in [-0.39, 0.29) is 0 Å². The van der Waals surface area contributed by atoms with E-state index < -0.39 is 0 Å². The second-order valence-corrected chi connectivity index (χ2v) is 7.03. The van der Waals surface area contributed by atoms with Crippen LogP contribution in [-0.2, 0) is 25.9 Å². The molecule has 3 heteroatoms. The molecule has 0 saturated heterocycles. The van der Waals surface area contributed by atoms with Crippen molar-refractivity contribution in [2.24, 2.45) is 0 Å². The summed E-state index contributed by atoms with van der Waals surface area (Å²) in [6.07, 6.45) is 9.04. The molecular formula is C20H27N3. The zero-order chi connectivity index (χ0) is 15.5. The summed E-state index contributed by atoms with van der Waals surface area (Å²) in [6, 6.07) is 10.8. The normalized spacial score (nSPS) is 18.8. The second kappa shape index (κ2) is 6.88. The zero-order valence-corrected chi connectivity index (χ0v) is 13.9. The molecule has 1 fully saturated rings. The van der Waals surface area contributed by atoms with E-state index in [0.717, 1.165) is 32.5 Å². The Kier molecular flexibility index (Phi) is 4.47. The molecule has 0 radical (unpaired) electrons. The zero-order valence-electron chi connectivity index (χ0n) is 13.9. The first-order valence-electron chi connectivity index (χ1n) is 9.25. The van der Waals surface area contributed by atoms with Crippen molar-refractivity contribution in [1.82, 2.24) is 15.1 Å². The van der Waals surface area contributed by atoms with Crippen molar-refractivity contribution in [3.8, 4) is 0 Å². The van der Waals surface area contributed by atoms with Gasteiger partial charge in [0.05, 0.1) is 5.69 Å². The van der Waals surface area contributed by atoms with Crippen LogP contribution in [0.25, 0.3) is 0 Å². The molecule has 1 aliphatic heterocycles. The molecule has 23 heavy (non-hydrogen) atoms. The van der Waals surface area contributed by atoms with Crippen LogP contribution < -0.4 is 5.32 Å². The Hall–Kier alpha value is -1.61. The van der Waals surface area contributed by atoms with E-state index in [4.69, 9.17) is 5.10 Å². The maximum Gasteiger partial charge on any atom is 0.0703 e. The van der Waals surface area contributed by atoms with Gasteiger partial charge in [-0.2, -0.15) is 5.10 Å². The lowest BCUT2D eigenvalue weighted by molar-refractivity contribution is 0.429. The Morgan fingerprint density at radius 2 is 1.91 bits per heavy atom. The van der Waals surface area contributed by atoms with Gasteiger partial charge >= 0.3 is 0 Å². The Balaban J connectivity index is 1.57. The van der Waals surface area contributed by atoms with Crippen LogP contribution in [0, 0.1) is 0 Å². The number of rotatable bonds is 4. The lowest BCUT2D eigenvalue weighted by Gasteiger charge is -2.22. The van der Waals surface area contributed by atoms with Crippen LogP contribution in [0.4, 0.5) is 0 Å². The van der Waals surface area contributed by atoms with Gasteiger partial charge in [0.1, 0.15) is 0 Å². The highest BCUT2D eigenvalue weighted by Gasteiger charge is 2.26. The monoisotopic (exact) mass is 309 g/mol. The number of aryl methyl sites for hydroxylation is 2. The van der Waals surface area contributed by atoms with E-state index in [1.807, 2.05) is 0 Å². The highest BCUT2D eigenvalue weighted by molar-refractivity contribution is 5.31. The smallest absolute Gasteiger partial charge is 0.0703 e. The van der Waals surface area contributed by atoms with E-state index in [0.29, 0.717) is 5.92 Å². The predicted octanol–water partition coefficient (Wildman–Crippen LogP) is 3.82. The van der Waals surface area contributed by atoms with Crippen molar-refractivity contribution in [2.45, 2.75) is 64.0 Å². The number of aromatic nitrogens is 2. The number of hydrogen-bond donors (Lipinski definition) is 1. The van der Waals surface area contributed by atoms with Crippen molar-refractivity contribution in [2.75, 3.05) is 6.54 Å². The van der Waals surface area contributed by atoms with Crippen LogP contribution in [0.3, 0.4) is 0 Å². The molecule has 4 rings (SSSR count). The predicted molar refractivity (Wildman–Crippen MR) is 93.6 cm³/mol. The SMILES string of the molecule is c1ccc(CCn2nc(C3CCCCC3)c3c2CCNC3)cc1. The number of benzene rings is 1. The highest BCUT2D eigenvalue weighted by atomic mass is 15.3. The average Bonchev–Trinajstić information content (AvgIpc) is 3.01. The van der Waals surface area contributed by atoms with Gasteiger partial charge in [0.15, 0.2) is 0 Å². The second-order valence-electron chi connectivity index (χ2n) is 7.03. The lowest BCUT2D eigenvalue weighted by atomic mass is 9.84. The Morgan fingerprint density at radius 3 is 2.74 bits per heavy atom. The third-order valence-electron chi connectivity index (χ3n) is 5.48. The average molecular weight is 309 g/mol. The summed E-state index contributed by atoms with van der Waals surface area (Å²) < 4.78 is 2.33. The molecule has 1 aromatic heterocycles. The molecule has 2 aliphatic rings. The molecule has 0 bridgehead atoms. The van der Waals surface area contributed by atoms with Crippen LogP contribution >= 0.6 is 0 Å². The van der Waals surface area contributed by atoms with Crippen LogP contribution in [0.15, 0.2) is 30.3 Å². The van der Waals surface area contributed by atoms with Crippen LogP contribution in [0.1, 0.15) is 60.5 Å². The fraction of sp³-hybridized carbons (Fsp3) is 0.550. The molecule has 1 N–H and O–H groups in total. The summed E-state index contributed by atoms with van der Waals surface area (Å²) in [7, 11) is 0. The van der Waals surface area contributed by atoms with Crippen molar-refractivity contribution in [1.29, 1.82) is 0 Å². The summed E-state index contributed by atoms with van der Waals surface area (Å²) in [6.45, 7) is 3.12. The number of nitrogens with zero attached hydrogens (tertiary/aromatic N) is 2. The fourth-order valence-electron chi connectivity index (χ4n) is 4.22. The van der Waals surface area contributed by atoms with Gasteiger partial charge in [-0.1, -0.05) is 49.6 Å². The summed E-state index contributed by atoms with van der Waals surface area (Å²) in [4.78, 5) is 0. The minimum atomic E-state index is 0.704. The molecule has 1 saturated carbocycles. The highest BCUT2D eigenvalue weighted by Crippen LogP contribution is 2.35. The van der Waals surface area contributed by atoms with E-state index >= 15 is 0 Å². The first-order valence-corrected chi connectivity index (χ1v) is 9.25. The van der Waals surface area contributed by atoms with Crippen LogP contribution in [0.5, 0.6) is 0 Å². The van der Waals surface area contributed by atoms with Gasteiger partial charge < -0.3 is 5.32 Å². The van der Waals surface area contributed by atoms with Gasteiger partial charge in [-0.05, 0) is 24.8 Å². The third kappa shape index (κ3) is 3.20. The summed E-state index contributed by atoms with van der Waals surface area (Å²) in [5, 5.41) is 8.66.